The molecule has 0 saturated heterocycles. The van der Waals surface area contributed by atoms with Crippen LogP contribution in [0, 0.1) is 13.8 Å². The summed E-state index contributed by atoms with van der Waals surface area (Å²) in [4.78, 5) is 34.7. The van der Waals surface area contributed by atoms with Crippen molar-refractivity contribution < 1.29 is 18.8 Å². The van der Waals surface area contributed by atoms with Gasteiger partial charge in [-0.05, 0) is 68.7 Å². The van der Waals surface area contributed by atoms with Crippen molar-refractivity contribution >= 4 is 45.0 Å². The molecule has 0 bridgehead atoms. The molecule has 0 fully saturated rings. The first-order chi connectivity index (χ1) is 22.8. The molecule has 0 radical (unpaired) electrons. The van der Waals surface area contributed by atoms with Crippen LogP contribution in [-0.2, 0) is 11.3 Å². The molecule has 12 nitrogen and oxygen atoms in total. The monoisotopic (exact) mass is 632 g/mol. The number of para-hydroxylation sites is 2. The zero-order chi connectivity index (χ0) is 32.9. The lowest BCUT2D eigenvalue weighted by Gasteiger charge is -2.12. The Bertz CT molecular complexity index is 2050. The van der Waals surface area contributed by atoms with Crippen LogP contribution in [0.15, 0.2) is 71.6 Å². The number of carbonyl (C=O) groups is 2. The predicted octanol–water partition coefficient (Wildman–Crippen LogP) is 5.82. The van der Waals surface area contributed by atoms with Gasteiger partial charge in [0.25, 0.3) is 5.91 Å². The minimum absolute atomic E-state index is 0.0895. The summed E-state index contributed by atoms with van der Waals surface area (Å²) in [6.07, 6.45) is 7.70. The minimum atomic E-state index is -0.291. The number of aryl methyl sites for hydroxylation is 2. The first kappa shape index (κ1) is 31.2. The van der Waals surface area contributed by atoms with E-state index in [9.17, 15) is 9.59 Å². The van der Waals surface area contributed by atoms with Crippen LogP contribution in [0.25, 0.3) is 32.9 Å². The van der Waals surface area contributed by atoms with E-state index in [1.165, 1.54) is 0 Å². The predicted molar refractivity (Wildman–Crippen MR) is 180 cm³/mol. The molecule has 6 aromatic rings. The Balaban J connectivity index is 1.22. The first-order valence-corrected chi connectivity index (χ1v) is 15.5. The zero-order valence-corrected chi connectivity index (χ0v) is 26.5. The maximum Gasteiger partial charge on any atom is 0.272 e. The number of nitrogens with one attached hydrogen (secondary N) is 2. The molecule has 0 aliphatic heterocycles. The van der Waals surface area contributed by atoms with Crippen molar-refractivity contribution in [3.63, 3.8) is 0 Å². The highest BCUT2D eigenvalue weighted by molar-refractivity contribution is 6.13. The van der Waals surface area contributed by atoms with Crippen LogP contribution in [0.3, 0.4) is 0 Å². The molecule has 6 rings (SSSR count). The second kappa shape index (κ2) is 13.7. The quantitative estimate of drug-likeness (QED) is 0.111. The van der Waals surface area contributed by atoms with Gasteiger partial charge >= 0.3 is 0 Å². The number of nitrogen functional groups attached to an aromatic ring is 1. The number of carbonyl (C=O) groups excluding carboxylic acids is 2. The van der Waals surface area contributed by atoms with Crippen LogP contribution >= 0.6 is 0 Å². The third kappa shape index (κ3) is 6.62. The van der Waals surface area contributed by atoms with E-state index in [1.807, 2.05) is 54.9 Å². The number of nitrogens with two attached hydrogens (primary N) is 1. The molecule has 2 amide bonds. The fraction of sp³-hybridized carbons (Fsp3) is 0.257. The number of unbranched alkanes of at least 4 members (excludes halogenated alkanes) is 2. The molecule has 0 spiro atoms. The largest absolute Gasteiger partial charge is 0.496 e. The third-order valence-corrected chi connectivity index (χ3v) is 8.10. The van der Waals surface area contributed by atoms with Gasteiger partial charge in [-0.15, -0.1) is 0 Å². The summed E-state index contributed by atoms with van der Waals surface area (Å²) in [6.45, 7) is 4.63. The van der Waals surface area contributed by atoms with Crippen LogP contribution in [0.4, 0.5) is 11.4 Å². The van der Waals surface area contributed by atoms with Gasteiger partial charge in [-0.2, -0.15) is 5.10 Å². The molecular weight excluding hydrogens is 596 g/mol. The van der Waals surface area contributed by atoms with Crippen LogP contribution in [0.1, 0.15) is 53.2 Å². The highest BCUT2D eigenvalue weighted by atomic mass is 16.5. The maximum atomic E-state index is 13.5. The van der Waals surface area contributed by atoms with Crippen molar-refractivity contribution in [3.8, 4) is 16.9 Å². The summed E-state index contributed by atoms with van der Waals surface area (Å²) < 4.78 is 13.1. The van der Waals surface area contributed by atoms with Crippen molar-refractivity contribution in [3.05, 3.63) is 89.8 Å². The Morgan fingerprint density at radius 3 is 2.57 bits per heavy atom. The van der Waals surface area contributed by atoms with E-state index in [2.05, 4.69) is 20.8 Å². The Hall–Kier alpha value is -5.78. The first-order valence-electron chi connectivity index (χ1n) is 15.5. The number of amides is 2. The van der Waals surface area contributed by atoms with E-state index in [0.29, 0.717) is 60.6 Å². The summed E-state index contributed by atoms with van der Waals surface area (Å²) in [5.41, 5.74) is 12.2. The second-order valence-corrected chi connectivity index (χ2v) is 11.4. The molecule has 4 aromatic heterocycles. The fourth-order valence-electron chi connectivity index (χ4n) is 5.75. The van der Waals surface area contributed by atoms with Crippen molar-refractivity contribution in [1.29, 1.82) is 0 Å². The van der Waals surface area contributed by atoms with E-state index in [1.54, 1.807) is 37.8 Å². The average Bonchev–Trinajstić information content (AvgIpc) is 3.62. The molecule has 2 aromatic carbocycles. The summed E-state index contributed by atoms with van der Waals surface area (Å²) in [5, 5.41) is 16.2. The molecule has 0 saturated carbocycles. The summed E-state index contributed by atoms with van der Waals surface area (Å²) in [7, 11) is 1.62. The number of anilines is 2. The van der Waals surface area contributed by atoms with Gasteiger partial charge in [-0.3, -0.25) is 24.2 Å². The van der Waals surface area contributed by atoms with Gasteiger partial charge in [0, 0.05) is 42.5 Å². The van der Waals surface area contributed by atoms with Gasteiger partial charge in [0.05, 0.1) is 52.7 Å². The Morgan fingerprint density at radius 1 is 1.02 bits per heavy atom. The Kier molecular flexibility index (Phi) is 9.09. The standard InChI is InChI=1S/C35H36N8O4/c1-21-32(22(2)47-42-21)25-17-29-24(18-30(25)46-3)34-26(19-39-29)33(41-43(34)20-23-12-15-37-16-13-23)35(45)38-14-8-4-5-11-31(44)40-28-10-7-6-9-27(28)36/h6-7,9-10,12-13,15-19H,4-5,8,11,14,20,36H2,1-3H3,(H,38,45)(H,40,44). The minimum Gasteiger partial charge on any atom is -0.496 e. The number of nitrogens with zero attached hydrogens (tertiary/aromatic N) is 5. The highest BCUT2D eigenvalue weighted by Crippen LogP contribution is 2.39. The Labute approximate surface area is 271 Å². The molecule has 47 heavy (non-hydrogen) atoms. The van der Waals surface area contributed by atoms with E-state index >= 15 is 0 Å². The second-order valence-electron chi connectivity index (χ2n) is 11.4. The maximum absolute atomic E-state index is 13.5. The van der Waals surface area contributed by atoms with Gasteiger partial charge < -0.3 is 25.6 Å². The van der Waals surface area contributed by atoms with Crippen LogP contribution in [0.5, 0.6) is 5.75 Å². The molecule has 240 valence electrons. The number of hydrogen-bond acceptors (Lipinski definition) is 9. The lowest BCUT2D eigenvalue weighted by atomic mass is 10.00. The van der Waals surface area contributed by atoms with E-state index in [-0.39, 0.29) is 17.5 Å². The average molecular weight is 633 g/mol. The summed E-state index contributed by atoms with van der Waals surface area (Å²) >= 11 is 0. The molecule has 0 atom stereocenters. The number of fused-ring (bicyclic) bond motifs is 3. The number of benzene rings is 2. The lowest BCUT2D eigenvalue weighted by molar-refractivity contribution is -0.116. The molecular formula is C35H36N8O4. The van der Waals surface area contributed by atoms with Gasteiger partial charge in [-0.25, -0.2) is 0 Å². The smallest absolute Gasteiger partial charge is 0.272 e. The number of pyridine rings is 2. The Morgan fingerprint density at radius 2 is 1.83 bits per heavy atom. The number of methoxy groups -OCH3 is 1. The van der Waals surface area contributed by atoms with Gasteiger partial charge in [0.2, 0.25) is 5.91 Å². The van der Waals surface area contributed by atoms with Gasteiger partial charge in [0.1, 0.15) is 11.5 Å². The summed E-state index contributed by atoms with van der Waals surface area (Å²) in [6, 6.07) is 14.9. The molecule has 0 unspecified atom stereocenters. The SMILES string of the molecule is COc1cc2c(cc1-c1c(C)noc1C)ncc1c(C(=O)NCCCCCC(=O)Nc3ccccc3N)nn(Cc3ccncc3)c12. The molecule has 4 N–H and O–H groups in total. The fourth-order valence-corrected chi connectivity index (χ4v) is 5.75. The van der Waals surface area contributed by atoms with Gasteiger partial charge in [-0.1, -0.05) is 23.7 Å². The topological polar surface area (TPSA) is 163 Å². The van der Waals surface area contributed by atoms with Gasteiger partial charge in [0.15, 0.2) is 5.69 Å². The lowest BCUT2D eigenvalue weighted by Crippen LogP contribution is -2.25. The van der Waals surface area contributed by atoms with Crippen molar-refractivity contribution in [2.45, 2.75) is 46.1 Å². The van der Waals surface area contributed by atoms with Crippen molar-refractivity contribution in [2.24, 2.45) is 0 Å². The molecule has 0 aliphatic carbocycles. The normalized spacial score (nSPS) is 11.2. The van der Waals surface area contributed by atoms with Crippen molar-refractivity contribution in [2.75, 3.05) is 24.7 Å². The van der Waals surface area contributed by atoms with Crippen molar-refractivity contribution in [1.82, 2.24) is 30.2 Å². The summed E-state index contributed by atoms with van der Waals surface area (Å²) in [5.74, 6) is 0.933. The van der Waals surface area contributed by atoms with E-state index in [0.717, 1.165) is 45.2 Å². The van der Waals surface area contributed by atoms with Crippen LogP contribution < -0.4 is 21.1 Å². The van der Waals surface area contributed by atoms with Crippen LogP contribution in [0.2, 0.25) is 0 Å². The number of aromatic nitrogens is 5. The number of rotatable bonds is 12. The zero-order valence-electron chi connectivity index (χ0n) is 26.5. The number of hydrogen-bond donors (Lipinski definition) is 3. The van der Waals surface area contributed by atoms with Crippen LogP contribution in [-0.4, -0.2) is 50.4 Å². The highest BCUT2D eigenvalue weighted by Gasteiger charge is 2.23. The van der Waals surface area contributed by atoms with E-state index in [4.69, 9.17) is 25.1 Å². The number of ether oxygens (including phenoxy) is 1. The van der Waals surface area contributed by atoms with E-state index < -0.39 is 0 Å². The molecule has 4 heterocycles. The molecule has 12 heteroatoms. The molecule has 0 aliphatic rings. The third-order valence-electron chi connectivity index (χ3n) is 8.10.